The number of halogens is 1. The number of nitrogens with one attached hydrogen (secondary N) is 2. The summed E-state index contributed by atoms with van der Waals surface area (Å²) in [6.07, 6.45) is 2.02. The maximum atomic E-state index is 13.5. The number of nitrogens with zero attached hydrogens (tertiary/aromatic N) is 2. The molecule has 0 atom stereocenters. The lowest BCUT2D eigenvalue weighted by molar-refractivity contribution is 0.582. The number of rotatable bonds is 6. The molecule has 2 aromatic rings. The minimum atomic E-state index is -0.196. The van der Waals surface area contributed by atoms with Crippen LogP contribution in [-0.2, 0) is 24.3 Å². The largest absolute Gasteiger partial charge is 0.352 e. The van der Waals surface area contributed by atoms with Gasteiger partial charge in [0.25, 0.3) is 0 Å². The number of aliphatic imine (C=N–C) groups is 1. The Balaban J connectivity index is 1.93. The van der Waals surface area contributed by atoms with Crippen LogP contribution in [-0.4, -0.2) is 24.2 Å². The molecule has 1 aromatic carbocycles. The van der Waals surface area contributed by atoms with Crippen molar-refractivity contribution in [3.05, 3.63) is 51.2 Å². The summed E-state index contributed by atoms with van der Waals surface area (Å²) < 4.78 is 13.5. The van der Waals surface area contributed by atoms with E-state index in [1.54, 1.807) is 36.2 Å². The summed E-state index contributed by atoms with van der Waals surface area (Å²) in [5.74, 6) is 1.29. The van der Waals surface area contributed by atoms with Gasteiger partial charge in [-0.3, -0.25) is 4.99 Å². The summed E-state index contributed by atoms with van der Waals surface area (Å²) in [5, 5.41) is 9.79. The van der Waals surface area contributed by atoms with Crippen molar-refractivity contribution >= 4 is 29.1 Å². The Labute approximate surface area is 163 Å². The van der Waals surface area contributed by atoms with Crippen molar-refractivity contribution in [3.8, 4) is 0 Å². The molecule has 26 heavy (non-hydrogen) atoms. The molecule has 7 heteroatoms. The predicted octanol–water partition coefficient (Wildman–Crippen LogP) is 4.31. The number of aromatic nitrogens is 1. The quantitative estimate of drug-likeness (QED) is 0.566. The van der Waals surface area contributed by atoms with Gasteiger partial charge in [0.05, 0.1) is 17.2 Å². The zero-order valence-corrected chi connectivity index (χ0v) is 17.7. The second-order valence-electron chi connectivity index (χ2n) is 7.02. The van der Waals surface area contributed by atoms with Crippen molar-refractivity contribution in [1.29, 1.82) is 0 Å². The van der Waals surface area contributed by atoms with Crippen LogP contribution in [0.2, 0.25) is 0 Å². The second-order valence-corrected chi connectivity index (χ2v) is 8.74. The highest BCUT2D eigenvalue weighted by Gasteiger charge is 2.17. The smallest absolute Gasteiger partial charge is 0.191 e. The van der Waals surface area contributed by atoms with Crippen molar-refractivity contribution < 1.29 is 4.39 Å². The van der Waals surface area contributed by atoms with Gasteiger partial charge in [-0.05, 0) is 29.5 Å². The van der Waals surface area contributed by atoms with Crippen LogP contribution in [0.1, 0.15) is 42.6 Å². The third-order valence-corrected chi connectivity index (χ3v) is 5.68. The van der Waals surface area contributed by atoms with Gasteiger partial charge in [0.1, 0.15) is 5.82 Å². The summed E-state index contributed by atoms with van der Waals surface area (Å²) in [6.45, 7) is 7.71. The standard InChI is InChI=1S/C19H27FN4S2/c1-19(2,3)17-24-16(12-26-17)10-23-18(21-4)22-9-13-6-7-15(20)8-14(13)11-25-5/h6-8,12H,9-11H2,1-5H3,(H2,21,22,23). The van der Waals surface area contributed by atoms with E-state index in [0.717, 1.165) is 27.6 Å². The van der Waals surface area contributed by atoms with Gasteiger partial charge < -0.3 is 10.6 Å². The molecule has 0 fully saturated rings. The molecule has 1 aromatic heterocycles. The molecule has 0 radical (unpaired) electrons. The molecule has 1 heterocycles. The molecule has 4 nitrogen and oxygen atoms in total. The Hall–Kier alpha value is -1.60. The van der Waals surface area contributed by atoms with Crippen LogP contribution in [0.3, 0.4) is 0 Å². The van der Waals surface area contributed by atoms with Crippen molar-refractivity contribution in [1.82, 2.24) is 15.6 Å². The summed E-state index contributed by atoms with van der Waals surface area (Å²) in [6, 6.07) is 4.94. The first-order valence-electron chi connectivity index (χ1n) is 8.49. The van der Waals surface area contributed by atoms with E-state index in [4.69, 9.17) is 0 Å². The number of hydrogen-bond donors (Lipinski definition) is 2. The summed E-state index contributed by atoms with van der Waals surface area (Å²) in [4.78, 5) is 8.94. The molecule has 0 amide bonds. The van der Waals surface area contributed by atoms with Gasteiger partial charge in [0.15, 0.2) is 5.96 Å². The number of guanidine groups is 1. The van der Waals surface area contributed by atoms with Gasteiger partial charge >= 0.3 is 0 Å². The second kappa shape index (κ2) is 9.37. The highest BCUT2D eigenvalue weighted by molar-refractivity contribution is 7.97. The van der Waals surface area contributed by atoms with E-state index in [2.05, 4.69) is 46.8 Å². The van der Waals surface area contributed by atoms with E-state index >= 15 is 0 Å². The van der Waals surface area contributed by atoms with E-state index < -0.39 is 0 Å². The fourth-order valence-electron chi connectivity index (χ4n) is 2.36. The molecule has 0 saturated carbocycles. The Morgan fingerprint density at radius 3 is 2.58 bits per heavy atom. The molecule has 0 spiro atoms. The highest BCUT2D eigenvalue weighted by Crippen LogP contribution is 2.25. The summed E-state index contributed by atoms with van der Waals surface area (Å²) >= 11 is 3.37. The molecule has 2 rings (SSSR count). The fourth-order valence-corrected chi connectivity index (χ4v) is 3.85. The van der Waals surface area contributed by atoms with Crippen LogP contribution in [0.4, 0.5) is 4.39 Å². The van der Waals surface area contributed by atoms with Gasteiger partial charge in [0, 0.05) is 30.1 Å². The molecule has 0 unspecified atom stereocenters. The van der Waals surface area contributed by atoms with E-state index in [1.165, 1.54) is 6.07 Å². The average Bonchev–Trinajstić information content (AvgIpc) is 3.06. The molecule has 0 aliphatic carbocycles. The van der Waals surface area contributed by atoms with Crippen LogP contribution in [0.25, 0.3) is 0 Å². The monoisotopic (exact) mass is 394 g/mol. The van der Waals surface area contributed by atoms with Crippen molar-refractivity contribution in [2.75, 3.05) is 13.3 Å². The molecular weight excluding hydrogens is 367 g/mol. The fraction of sp³-hybridized carbons (Fsp3) is 0.474. The Morgan fingerprint density at radius 1 is 1.23 bits per heavy atom. The first-order chi connectivity index (χ1) is 12.3. The average molecular weight is 395 g/mol. The number of hydrogen-bond acceptors (Lipinski definition) is 4. The van der Waals surface area contributed by atoms with Crippen LogP contribution in [0.5, 0.6) is 0 Å². The molecular formula is C19H27FN4S2. The molecule has 142 valence electrons. The van der Waals surface area contributed by atoms with Crippen molar-refractivity contribution in [3.63, 3.8) is 0 Å². The minimum absolute atomic E-state index is 0.0686. The van der Waals surface area contributed by atoms with Gasteiger partial charge in [-0.25, -0.2) is 9.37 Å². The predicted molar refractivity (Wildman–Crippen MR) is 111 cm³/mol. The molecule has 0 saturated heterocycles. The van der Waals surface area contributed by atoms with Crippen LogP contribution < -0.4 is 10.6 Å². The zero-order chi connectivity index (χ0) is 19.2. The Kier molecular flexibility index (Phi) is 7.46. The lowest BCUT2D eigenvalue weighted by atomic mass is 9.98. The number of benzene rings is 1. The van der Waals surface area contributed by atoms with Gasteiger partial charge in [0.2, 0.25) is 0 Å². The maximum absolute atomic E-state index is 13.5. The molecule has 0 aliphatic rings. The Morgan fingerprint density at radius 2 is 1.96 bits per heavy atom. The highest BCUT2D eigenvalue weighted by atomic mass is 32.2. The third kappa shape index (κ3) is 5.99. The summed E-state index contributed by atoms with van der Waals surface area (Å²) in [7, 11) is 1.74. The zero-order valence-electron chi connectivity index (χ0n) is 16.0. The minimum Gasteiger partial charge on any atom is -0.352 e. The Bertz CT molecular complexity index is 750. The lowest BCUT2D eigenvalue weighted by Gasteiger charge is -2.14. The van der Waals surface area contributed by atoms with Crippen molar-refractivity contribution in [2.24, 2.45) is 4.99 Å². The topological polar surface area (TPSA) is 49.3 Å². The molecule has 0 aliphatic heterocycles. The van der Waals surface area contributed by atoms with Crippen LogP contribution in [0.15, 0.2) is 28.6 Å². The van der Waals surface area contributed by atoms with Gasteiger partial charge in [-0.1, -0.05) is 26.8 Å². The number of thioether (sulfide) groups is 1. The molecule has 0 bridgehead atoms. The lowest BCUT2D eigenvalue weighted by Crippen LogP contribution is -2.36. The van der Waals surface area contributed by atoms with E-state index in [-0.39, 0.29) is 11.2 Å². The van der Waals surface area contributed by atoms with E-state index in [1.807, 2.05) is 12.3 Å². The SMILES string of the molecule is CN=C(NCc1csc(C(C)(C)C)n1)NCc1ccc(F)cc1CSC. The van der Waals surface area contributed by atoms with Gasteiger partial charge in [-0.15, -0.1) is 11.3 Å². The normalized spacial score (nSPS) is 12.3. The van der Waals surface area contributed by atoms with E-state index in [9.17, 15) is 4.39 Å². The van der Waals surface area contributed by atoms with Crippen LogP contribution >= 0.6 is 23.1 Å². The summed E-state index contributed by atoms with van der Waals surface area (Å²) in [5.41, 5.74) is 3.16. The first kappa shape index (κ1) is 20.7. The maximum Gasteiger partial charge on any atom is 0.191 e. The van der Waals surface area contributed by atoms with Crippen LogP contribution in [0, 0.1) is 5.82 Å². The van der Waals surface area contributed by atoms with Gasteiger partial charge in [-0.2, -0.15) is 11.8 Å². The van der Waals surface area contributed by atoms with Crippen molar-refractivity contribution in [2.45, 2.75) is 45.0 Å². The third-order valence-electron chi connectivity index (χ3n) is 3.77. The van der Waals surface area contributed by atoms with E-state index in [0.29, 0.717) is 19.0 Å². The molecule has 2 N–H and O–H groups in total. The number of thiazole rings is 1. The first-order valence-corrected chi connectivity index (χ1v) is 10.8.